The number of carbonyl (C=O) groups excluding carboxylic acids is 1. The Morgan fingerprint density at radius 2 is 1.74 bits per heavy atom. The van der Waals surface area contributed by atoms with Gasteiger partial charge in [-0.25, -0.2) is 5.43 Å². The Morgan fingerprint density at radius 1 is 1.04 bits per heavy atom. The van der Waals surface area contributed by atoms with Crippen LogP contribution in [0.4, 0.5) is 0 Å². The molecule has 0 aromatic heterocycles. The smallest absolute Gasteiger partial charge is 0.271 e. The van der Waals surface area contributed by atoms with Crippen molar-refractivity contribution in [3.05, 3.63) is 99.0 Å². The van der Waals surface area contributed by atoms with E-state index in [1.165, 1.54) is 0 Å². The highest BCUT2D eigenvalue weighted by molar-refractivity contribution is 9.10. The summed E-state index contributed by atoms with van der Waals surface area (Å²) in [6.07, 6.45) is 1.55. The summed E-state index contributed by atoms with van der Waals surface area (Å²) in [5.74, 6) is 0.368. The zero-order valence-corrected chi connectivity index (χ0v) is 16.6. The first-order chi connectivity index (χ1) is 13.1. The minimum absolute atomic E-state index is 0.284. The number of benzene rings is 3. The lowest BCUT2D eigenvalue weighted by atomic mass is 10.2. The lowest BCUT2D eigenvalue weighted by molar-refractivity contribution is 0.0955. The van der Waals surface area contributed by atoms with Gasteiger partial charge in [-0.1, -0.05) is 57.9 Å². The van der Waals surface area contributed by atoms with Crippen molar-refractivity contribution in [1.82, 2.24) is 5.43 Å². The monoisotopic (exact) mass is 442 g/mol. The van der Waals surface area contributed by atoms with Crippen molar-refractivity contribution in [2.75, 3.05) is 0 Å². The molecule has 4 nitrogen and oxygen atoms in total. The number of hydrogen-bond donors (Lipinski definition) is 1. The predicted octanol–water partition coefficient (Wildman–Crippen LogP) is 5.45. The molecule has 3 rings (SSSR count). The molecule has 0 saturated heterocycles. The molecule has 136 valence electrons. The predicted molar refractivity (Wildman–Crippen MR) is 111 cm³/mol. The Kier molecular flexibility index (Phi) is 6.63. The number of halogens is 2. The fraction of sp³-hybridized carbons (Fsp3) is 0.0476. The minimum atomic E-state index is -0.284. The molecule has 0 fully saturated rings. The van der Waals surface area contributed by atoms with Crippen LogP contribution in [0.5, 0.6) is 5.75 Å². The lowest BCUT2D eigenvalue weighted by Gasteiger charge is -2.10. The highest BCUT2D eigenvalue weighted by atomic mass is 79.9. The molecule has 0 heterocycles. The van der Waals surface area contributed by atoms with Gasteiger partial charge < -0.3 is 4.74 Å². The largest absolute Gasteiger partial charge is 0.488 e. The molecule has 1 N–H and O–H groups in total. The van der Waals surface area contributed by atoms with Crippen LogP contribution < -0.4 is 10.2 Å². The Labute approximate surface area is 171 Å². The highest BCUT2D eigenvalue weighted by Gasteiger charge is 2.05. The van der Waals surface area contributed by atoms with Crippen LogP contribution in [0.25, 0.3) is 0 Å². The van der Waals surface area contributed by atoms with E-state index in [0.29, 0.717) is 22.9 Å². The van der Waals surface area contributed by atoms with E-state index in [1.807, 2.05) is 48.5 Å². The summed E-state index contributed by atoms with van der Waals surface area (Å²) >= 11 is 9.50. The van der Waals surface area contributed by atoms with E-state index in [1.54, 1.807) is 30.5 Å². The summed E-state index contributed by atoms with van der Waals surface area (Å²) in [7, 11) is 0. The van der Waals surface area contributed by atoms with E-state index in [4.69, 9.17) is 16.3 Å². The van der Waals surface area contributed by atoms with Gasteiger partial charge in [-0.3, -0.25) is 4.79 Å². The van der Waals surface area contributed by atoms with Gasteiger partial charge in [0.15, 0.2) is 0 Å². The van der Waals surface area contributed by atoms with Crippen LogP contribution in [0.15, 0.2) is 82.4 Å². The molecule has 6 heteroatoms. The molecule has 3 aromatic carbocycles. The van der Waals surface area contributed by atoms with Crippen LogP contribution in [-0.2, 0) is 6.61 Å². The van der Waals surface area contributed by atoms with Crippen molar-refractivity contribution in [2.24, 2.45) is 5.10 Å². The number of amides is 1. The second-order valence-corrected chi connectivity index (χ2v) is 6.95. The normalized spacial score (nSPS) is 10.7. The molecule has 0 spiro atoms. The minimum Gasteiger partial charge on any atom is -0.488 e. The van der Waals surface area contributed by atoms with Crippen LogP contribution in [0, 0.1) is 0 Å². The van der Waals surface area contributed by atoms with E-state index in [0.717, 1.165) is 15.6 Å². The van der Waals surface area contributed by atoms with Crippen molar-refractivity contribution >= 4 is 39.7 Å². The van der Waals surface area contributed by atoms with E-state index < -0.39 is 0 Å². The summed E-state index contributed by atoms with van der Waals surface area (Å²) in [6.45, 7) is 0.343. The van der Waals surface area contributed by atoms with Crippen molar-refractivity contribution in [1.29, 1.82) is 0 Å². The quantitative estimate of drug-likeness (QED) is 0.407. The molecule has 3 aromatic rings. The summed E-state index contributed by atoms with van der Waals surface area (Å²) in [4.78, 5) is 12.1. The first-order valence-electron chi connectivity index (χ1n) is 8.17. The molecule has 0 unspecified atom stereocenters. The van der Waals surface area contributed by atoms with Crippen LogP contribution in [0.1, 0.15) is 21.5 Å². The fourth-order valence-electron chi connectivity index (χ4n) is 2.32. The van der Waals surface area contributed by atoms with E-state index in [9.17, 15) is 4.79 Å². The van der Waals surface area contributed by atoms with Crippen molar-refractivity contribution in [3.63, 3.8) is 0 Å². The topological polar surface area (TPSA) is 50.7 Å². The number of nitrogens with one attached hydrogen (secondary N) is 1. The van der Waals surface area contributed by atoms with E-state index in [2.05, 4.69) is 26.5 Å². The zero-order valence-electron chi connectivity index (χ0n) is 14.2. The van der Waals surface area contributed by atoms with E-state index >= 15 is 0 Å². The first-order valence-corrected chi connectivity index (χ1v) is 9.35. The first kappa shape index (κ1) is 19.1. The van der Waals surface area contributed by atoms with Gasteiger partial charge in [0, 0.05) is 26.2 Å². The summed E-state index contributed by atoms with van der Waals surface area (Å²) in [5.41, 5.74) is 4.69. The Morgan fingerprint density at radius 3 is 2.52 bits per heavy atom. The average Bonchev–Trinajstić information content (AvgIpc) is 2.69. The molecular formula is C21H16BrClN2O2. The van der Waals surface area contributed by atoms with Crippen molar-refractivity contribution in [3.8, 4) is 5.75 Å². The maximum atomic E-state index is 12.1. The zero-order chi connectivity index (χ0) is 19.1. The molecule has 0 atom stereocenters. The van der Waals surface area contributed by atoms with Crippen molar-refractivity contribution < 1.29 is 9.53 Å². The molecule has 0 aliphatic carbocycles. The third-order valence-corrected chi connectivity index (χ3v) is 4.63. The third kappa shape index (κ3) is 5.42. The van der Waals surface area contributed by atoms with Crippen LogP contribution in [0.2, 0.25) is 5.02 Å². The van der Waals surface area contributed by atoms with E-state index in [-0.39, 0.29) is 5.91 Å². The summed E-state index contributed by atoms with van der Waals surface area (Å²) < 4.78 is 6.78. The molecule has 27 heavy (non-hydrogen) atoms. The van der Waals surface area contributed by atoms with Crippen LogP contribution in [0.3, 0.4) is 0 Å². The summed E-state index contributed by atoms with van der Waals surface area (Å²) in [5, 5.41) is 4.69. The van der Waals surface area contributed by atoms with Gasteiger partial charge >= 0.3 is 0 Å². The molecule has 0 aliphatic rings. The van der Waals surface area contributed by atoms with Crippen LogP contribution >= 0.6 is 27.5 Å². The van der Waals surface area contributed by atoms with Gasteiger partial charge in [0.1, 0.15) is 12.4 Å². The van der Waals surface area contributed by atoms with Crippen molar-refractivity contribution in [2.45, 2.75) is 6.61 Å². The van der Waals surface area contributed by atoms with Gasteiger partial charge in [-0.05, 0) is 42.5 Å². The lowest BCUT2D eigenvalue weighted by Crippen LogP contribution is -2.17. The molecule has 0 bridgehead atoms. The van der Waals surface area contributed by atoms with Gasteiger partial charge in [0.25, 0.3) is 5.91 Å². The maximum Gasteiger partial charge on any atom is 0.271 e. The van der Waals surface area contributed by atoms with Gasteiger partial charge in [-0.15, -0.1) is 0 Å². The highest BCUT2D eigenvalue weighted by Crippen LogP contribution is 2.21. The second-order valence-electron chi connectivity index (χ2n) is 5.62. The van der Waals surface area contributed by atoms with Gasteiger partial charge in [-0.2, -0.15) is 5.10 Å². The van der Waals surface area contributed by atoms with Gasteiger partial charge in [0.2, 0.25) is 0 Å². The third-order valence-electron chi connectivity index (χ3n) is 3.74. The SMILES string of the molecule is O=C(N/N=C/c1ccccc1OCc1ccccc1Cl)c1ccc(Br)cc1. The molecule has 0 saturated carbocycles. The summed E-state index contributed by atoms with van der Waals surface area (Å²) in [6, 6.07) is 22.0. The number of rotatable bonds is 6. The number of hydrogen-bond acceptors (Lipinski definition) is 3. The number of carbonyl (C=O) groups is 1. The molecular weight excluding hydrogens is 428 g/mol. The number of hydrazone groups is 1. The second kappa shape index (κ2) is 9.35. The molecule has 0 aliphatic heterocycles. The van der Waals surface area contributed by atoms with Gasteiger partial charge in [0.05, 0.1) is 6.21 Å². The van der Waals surface area contributed by atoms with Crippen LogP contribution in [-0.4, -0.2) is 12.1 Å². The number of nitrogens with zero attached hydrogens (tertiary/aromatic N) is 1. The Bertz CT molecular complexity index is 958. The maximum absolute atomic E-state index is 12.1. The standard InChI is InChI=1S/C21H16BrClN2O2/c22-18-11-9-15(10-12-18)21(26)25-24-13-16-5-2-4-8-20(16)27-14-17-6-1-3-7-19(17)23/h1-13H,14H2,(H,25,26)/b24-13+. The fourth-order valence-corrected chi connectivity index (χ4v) is 2.77. The molecule has 1 amide bonds. The molecule has 0 radical (unpaired) electrons. The number of para-hydroxylation sites is 1. The number of ether oxygens (including phenoxy) is 1. The Hall–Kier alpha value is -2.63. The average molecular weight is 444 g/mol. The Balaban J connectivity index is 1.65.